The summed E-state index contributed by atoms with van der Waals surface area (Å²) in [6.45, 7) is 5.83. The second-order valence-electron chi connectivity index (χ2n) is 7.60. The summed E-state index contributed by atoms with van der Waals surface area (Å²) in [5.41, 5.74) is -0.267. The number of carbonyl (C=O) groups is 2. The van der Waals surface area contributed by atoms with Gasteiger partial charge < -0.3 is 9.47 Å². The lowest BCUT2D eigenvalue weighted by Gasteiger charge is -2.41. The van der Waals surface area contributed by atoms with Crippen LogP contribution in [-0.4, -0.2) is 24.1 Å². The van der Waals surface area contributed by atoms with Crippen molar-refractivity contribution >= 4 is 11.9 Å². The second-order valence-corrected chi connectivity index (χ2v) is 7.60. The highest BCUT2D eigenvalue weighted by Gasteiger charge is 2.62. The molecule has 0 aromatic rings. The highest BCUT2D eigenvalue weighted by atomic mass is 16.6. The summed E-state index contributed by atoms with van der Waals surface area (Å²) in [6.07, 6.45) is 5.18. The molecule has 0 saturated heterocycles. The minimum Gasteiger partial charge on any atom is -0.465 e. The molecule has 5 unspecified atom stereocenters. The molecule has 5 atom stereocenters. The van der Waals surface area contributed by atoms with Crippen LogP contribution in [0, 0.1) is 29.6 Å². The molecule has 0 aliphatic heterocycles. The van der Waals surface area contributed by atoms with Crippen molar-refractivity contribution in [2.24, 2.45) is 29.6 Å². The normalized spacial score (nSPS) is 39.8. The third-order valence-corrected chi connectivity index (χ3v) is 5.90. The molecule has 4 saturated carbocycles. The summed E-state index contributed by atoms with van der Waals surface area (Å²) in [5.74, 6) is 2.12. The van der Waals surface area contributed by atoms with Crippen LogP contribution in [0.5, 0.6) is 0 Å². The molecule has 4 heteroatoms. The highest BCUT2D eigenvalue weighted by molar-refractivity contribution is 5.73. The summed E-state index contributed by atoms with van der Waals surface area (Å²) >= 11 is 0. The quantitative estimate of drug-likeness (QED) is 0.732. The molecule has 0 N–H and O–H groups in total. The van der Waals surface area contributed by atoms with Crippen molar-refractivity contribution in [1.29, 1.82) is 0 Å². The van der Waals surface area contributed by atoms with E-state index in [1.54, 1.807) is 13.8 Å². The molecule has 4 rings (SSSR count). The van der Waals surface area contributed by atoms with E-state index in [1.165, 1.54) is 25.7 Å². The van der Waals surface area contributed by atoms with Crippen molar-refractivity contribution in [1.82, 2.24) is 0 Å². The van der Waals surface area contributed by atoms with Crippen molar-refractivity contribution in [2.45, 2.75) is 58.5 Å². The van der Waals surface area contributed by atoms with E-state index in [-0.39, 0.29) is 36.5 Å². The van der Waals surface area contributed by atoms with Gasteiger partial charge in [0.15, 0.2) is 0 Å². The lowest BCUT2D eigenvalue weighted by atomic mass is 9.73. The predicted molar refractivity (Wildman–Crippen MR) is 77.3 cm³/mol. The fraction of sp³-hybridized carbons (Fsp3) is 0.882. The van der Waals surface area contributed by atoms with Crippen molar-refractivity contribution in [3.8, 4) is 0 Å². The first-order valence-corrected chi connectivity index (χ1v) is 8.28. The van der Waals surface area contributed by atoms with Crippen molar-refractivity contribution in [3.63, 3.8) is 0 Å². The van der Waals surface area contributed by atoms with Gasteiger partial charge >= 0.3 is 11.9 Å². The number of hydrogen-bond acceptors (Lipinski definition) is 4. The van der Waals surface area contributed by atoms with E-state index in [2.05, 4.69) is 6.92 Å². The first kappa shape index (κ1) is 14.9. The van der Waals surface area contributed by atoms with Crippen LogP contribution < -0.4 is 0 Å². The zero-order chi connectivity index (χ0) is 15.2. The second kappa shape index (κ2) is 5.29. The van der Waals surface area contributed by atoms with Crippen molar-refractivity contribution in [2.75, 3.05) is 6.61 Å². The van der Waals surface area contributed by atoms with Crippen molar-refractivity contribution < 1.29 is 19.1 Å². The largest absolute Gasteiger partial charge is 0.465 e. The highest BCUT2D eigenvalue weighted by Crippen LogP contribution is 2.63. The Bertz CT molecular complexity index is 440. The van der Waals surface area contributed by atoms with E-state index in [0.29, 0.717) is 11.8 Å². The van der Waals surface area contributed by atoms with E-state index in [4.69, 9.17) is 9.47 Å². The lowest BCUT2D eigenvalue weighted by Crippen LogP contribution is -2.44. The van der Waals surface area contributed by atoms with Crippen LogP contribution >= 0.6 is 0 Å². The molecule has 118 valence electrons. The molecule has 0 aromatic heterocycles. The fourth-order valence-electron chi connectivity index (χ4n) is 4.89. The number of rotatable bonds is 5. The zero-order valence-electron chi connectivity index (χ0n) is 13.3. The van der Waals surface area contributed by atoms with Crippen LogP contribution in [0.1, 0.15) is 52.9 Å². The van der Waals surface area contributed by atoms with Crippen LogP contribution in [-0.2, 0) is 19.1 Å². The van der Waals surface area contributed by atoms with Gasteiger partial charge in [0.2, 0.25) is 0 Å². The number of carbonyl (C=O) groups excluding carboxylic acids is 2. The predicted octanol–water partition coefficient (Wildman–Crippen LogP) is 2.94. The van der Waals surface area contributed by atoms with Gasteiger partial charge in [0, 0.05) is 5.92 Å². The molecule has 0 spiro atoms. The van der Waals surface area contributed by atoms with Gasteiger partial charge in [-0.15, -0.1) is 0 Å². The zero-order valence-corrected chi connectivity index (χ0v) is 13.3. The maximum Gasteiger partial charge on any atom is 0.309 e. The molecule has 0 aromatic carbocycles. The average molecular weight is 294 g/mol. The van der Waals surface area contributed by atoms with Gasteiger partial charge in [-0.2, -0.15) is 0 Å². The van der Waals surface area contributed by atoms with E-state index in [1.807, 2.05) is 0 Å². The lowest BCUT2D eigenvalue weighted by molar-refractivity contribution is -0.172. The van der Waals surface area contributed by atoms with E-state index in [0.717, 1.165) is 11.8 Å². The van der Waals surface area contributed by atoms with Gasteiger partial charge in [-0.3, -0.25) is 9.59 Å². The van der Waals surface area contributed by atoms with Crippen LogP contribution in [0.15, 0.2) is 0 Å². The third-order valence-electron chi connectivity index (χ3n) is 5.90. The molecule has 0 radical (unpaired) electrons. The standard InChI is InChI=1S/C17H26O4/c1-10(2)16(19)20-5-4-15(18)21-17(3)13-7-11-6-12(9-13)14(17)8-11/h10-14H,4-9H2,1-3H3. The van der Waals surface area contributed by atoms with Gasteiger partial charge in [-0.05, 0) is 50.4 Å². The molecule has 0 amide bonds. The van der Waals surface area contributed by atoms with Crippen LogP contribution in [0.3, 0.4) is 0 Å². The number of ether oxygens (including phenoxy) is 2. The van der Waals surface area contributed by atoms with Crippen LogP contribution in [0.4, 0.5) is 0 Å². The molecule has 4 bridgehead atoms. The number of hydrogen-bond donors (Lipinski definition) is 0. The van der Waals surface area contributed by atoms with Gasteiger partial charge in [0.25, 0.3) is 0 Å². The summed E-state index contributed by atoms with van der Waals surface area (Å²) in [7, 11) is 0. The Hall–Kier alpha value is -1.06. The Morgan fingerprint density at radius 1 is 1.19 bits per heavy atom. The van der Waals surface area contributed by atoms with Gasteiger partial charge in [-0.1, -0.05) is 13.8 Å². The summed E-state index contributed by atoms with van der Waals surface area (Å²) < 4.78 is 10.9. The van der Waals surface area contributed by atoms with Gasteiger partial charge in [0.1, 0.15) is 12.2 Å². The Balaban J connectivity index is 1.50. The molecule has 4 aliphatic carbocycles. The van der Waals surface area contributed by atoms with Crippen LogP contribution in [0.2, 0.25) is 0 Å². The molecule has 4 aliphatic rings. The van der Waals surface area contributed by atoms with Crippen LogP contribution in [0.25, 0.3) is 0 Å². The summed E-state index contributed by atoms with van der Waals surface area (Å²) in [5, 5.41) is 0. The molecule has 21 heavy (non-hydrogen) atoms. The maximum atomic E-state index is 12.1. The van der Waals surface area contributed by atoms with E-state index in [9.17, 15) is 9.59 Å². The Kier molecular flexibility index (Phi) is 3.74. The third kappa shape index (κ3) is 2.58. The molecular weight excluding hydrogens is 268 g/mol. The Morgan fingerprint density at radius 3 is 2.62 bits per heavy atom. The summed E-state index contributed by atoms with van der Waals surface area (Å²) in [4.78, 5) is 23.5. The Labute approximate surface area is 126 Å². The molecule has 0 heterocycles. The van der Waals surface area contributed by atoms with E-state index < -0.39 is 0 Å². The SMILES string of the molecule is CC(C)C(=O)OCCC(=O)OC1(C)C2CC3CC(C2)C1C3. The van der Waals surface area contributed by atoms with Crippen molar-refractivity contribution in [3.05, 3.63) is 0 Å². The minimum absolute atomic E-state index is 0.132. The van der Waals surface area contributed by atoms with Gasteiger partial charge in [0.05, 0.1) is 12.3 Å². The first-order chi connectivity index (χ1) is 9.90. The topological polar surface area (TPSA) is 52.6 Å². The maximum absolute atomic E-state index is 12.1. The summed E-state index contributed by atoms with van der Waals surface area (Å²) in [6, 6.07) is 0. The number of esters is 2. The average Bonchev–Trinajstić information content (AvgIpc) is 2.80. The molecular formula is C17H26O4. The monoisotopic (exact) mass is 294 g/mol. The first-order valence-electron chi connectivity index (χ1n) is 8.28. The molecule has 4 nitrogen and oxygen atoms in total. The van der Waals surface area contributed by atoms with Gasteiger partial charge in [-0.25, -0.2) is 0 Å². The minimum atomic E-state index is -0.267. The van der Waals surface area contributed by atoms with E-state index >= 15 is 0 Å². The molecule has 4 fully saturated rings. The fourth-order valence-corrected chi connectivity index (χ4v) is 4.89. The Morgan fingerprint density at radius 2 is 1.95 bits per heavy atom. The smallest absolute Gasteiger partial charge is 0.309 e.